The number of carbonyl (C=O) groups is 2. The molecule has 0 aliphatic rings. The average molecular weight is 586 g/mol. The van der Waals surface area contributed by atoms with Gasteiger partial charge in [0.1, 0.15) is 11.5 Å². The molecule has 6 nitrogen and oxygen atoms in total. The van der Waals surface area contributed by atoms with E-state index in [0.717, 1.165) is 17.7 Å². The minimum absolute atomic E-state index is 0.228. The van der Waals surface area contributed by atoms with E-state index in [0.29, 0.717) is 23.6 Å². The molecule has 0 aliphatic carbocycles. The van der Waals surface area contributed by atoms with E-state index in [-0.39, 0.29) is 5.56 Å². The molecule has 0 heterocycles. The van der Waals surface area contributed by atoms with Gasteiger partial charge in [-0.1, -0.05) is 103 Å². The maximum atomic E-state index is 12.6. The largest absolute Gasteiger partial charge is 0.494 e. The first-order valence-electron chi connectivity index (χ1n) is 16.0. The smallest absolute Gasteiger partial charge is 0.343 e. The molecule has 0 aliphatic heterocycles. The van der Waals surface area contributed by atoms with Crippen LogP contribution in [-0.2, 0) is 0 Å². The molecule has 0 spiro atoms. The Morgan fingerprint density at radius 3 is 1.65 bits per heavy atom. The van der Waals surface area contributed by atoms with Crippen LogP contribution in [0.25, 0.3) is 0 Å². The van der Waals surface area contributed by atoms with Gasteiger partial charge in [0.2, 0.25) is 0 Å². The van der Waals surface area contributed by atoms with Crippen molar-refractivity contribution in [2.24, 2.45) is 4.99 Å². The van der Waals surface area contributed by atoms with Crippen LogP contribution in [0, 0.1) is 0 Å². The number of hydrogen-bond acceptors (Lipinski definition) is 5. The van der Waals surface area contributed by atoms with Gasteiger partial charge in [0, 0.05) is 6.21 Å². The minimum Gasteiger partial charge on any atom is -0.494 e. The Balaban J connectivity index is 1.25. The summed E-state index contributed by atoms with van der Waals surface area (Å²) in [5.74, 6) is -0.222. The second-order valence-electron chi connectivity index (χ2n) is 11.0. The number of unbranched alkanes of at least 4 members (excludes halogenated alkanes) is 13. The van der Waals surface area contributed by atoms with Gasteiger partial charge in [-0.3, -0.25) is 4.99 Å². The lowest BCUT2D eigenvalue weighted by molar-refractivity contribution is 0.0694. The first kappa shape index (κ1) is 33.6. The zero-order valence-electron chi connectivity index (χ0n) is 25.6. The third-order valence-electron chi connectivity index (χ3n) is 7.42. The molecular formula is C37H47NO5. The summed E-state index contributed by atoms with van der Waals surface area (Å²) >= 11 is 0. The van der Waals surface area contributed by atoms with Crippen LogP contribution in [0.3, 0.4) is 0 Å². The Morgan fingerprint density at radius 2 is 1.12 bits per heavy atom. The van der Waals surface area contributed by atoms with E-state index in [4.69, 9.17) is 14.6 Å². The lowest BCUT2D eigenvalue weighted by Crippen LogP contribution is -2.08. The van der Waals surface area contributed by atoms with Gasteiger partial charge in [0.25, 0.3) is 0 Å². The second-order valence-corrected chi connectivity index (χ2v) is 11.0. The van der Waals surface area contributed by atoms with Crippen LogP contribution in [-0.4, -0.2) is 29.9 Å². The van der Waals surface area contributed by atoms with E-state index in [2.05, 4.69) is 11.9 Å². The molecule has 0 bridgehead atoms. The SMILES string of the molecule is CCCCCCCCCCCCCCCCOc1ccc(C(=O)Oc2ccc(N=Cc3ccc(C(=O)O)cc3)cc2)cc1. The molecule has 0 saturated heterocycles. The van der Waals surface area contributed by atoms with Crippen molar-refractivity contribution in [3.05, 3.63) is 89.5 Å². The maximum Gasteiger partial charge on any atom is 0.343 e. The Kier molecular flexibility index (Phi) is 15.7. The number of esters is 1. The van der Waals surface area contributed by atoms with Crippen molar-refractivity contribution < 1.29 is 24.2 Å². The van der Waals surface area contributed by atoms with E-state index in [1.807, 2.05) is 0 Å². The van der Waals surface area contributed by atoms with Gasteiger partial charge in [-0.15, -0.1) is 0 Å². The Bertz CT molecular complexity index is 1230. The molecule has 230 valence electrons. The molecule has 0 unspecified atom stereocenters. The second kappa shape index (κ2) is 20.1. The average Bonchev–Trinajstić information content (AvgIpc) is 3.03. The van der Waals surface area contributed by atoms with E-state index < -0.39 is 11.9 Å². The molecule has 3 aromatic carbocycles. The molecule has 0 aromatic heterocycles. The Morgan fingerprint density at radius 1 is 0.628 bits per heavy atom. The van der Waals surface area contributed by atoms with Crippen LogP contribution in [0.15, 0.2) is 77.8 Å². The molecule has 0 amide bonds. The van der Waals surface area contributed by atoms with E-state index in [1.54, 1.807) is 66.9 Å². The highest BCUT2D eigenvalue weighted by Crippen LogP contribution is 2.21. The van der Waals surface area contributed by atoms with E-state index >= 15 is 0 Å². The molecule has 3 rings (SSSR count). The molecule has 6 heteroatoms. The fourth-order valence-electron chi connectivity index (χ4n) is 4.80. The number of hydrogen-bond donors (Lipinski definition) is 1. The van der Waals surface area contributed by atoms with Crippen molar-refractivity contribution in [2.45, 2.75) is 96.8 Å². The predicted octanol–water partition coefficient (Wildman–Crippen LogP) is 10.2. The summed E-state index contributed by atoms with van der Waals surface area (Å²) in [4.78, 5) is 27.9. The van der Waals surface area contributed by atoms with Crippen LogP contribution in [0.4, 0.5) is 5.69 Å². The number of carbonyl (C=O) groups excluding carboxylic acids is 1. The number of benzene rings is 3. The topological polar surface area (TPSA) is 85.2 Å². The predicted molar refractivity (Wildman–Crippen MR) is 174 cm³/mol. The van der Waals surface area contributed by atoms with Gasteiger partial charge in [-0.2, -0.15) is 0 Å². The van der Waals surface area contributed by atoms with E-state index in [9.17, 15) is 9.59 Å². The molecule has 43 heavy (non-hydrogen) atoms. The normalized spacial score (nSPS) is 11.1. The third kappa shape index (κ3) is 13.7. The van der Waals surface area contributed by atoms with Gasteiger partial charge in [0.05, 0.1) is 23.4 Å². The highest BCUT2D eigenvalue weighted by Gasteiger charge is 2.09. The van der Waals surface area contributed by atoms with Crippen molar-refractivity contribution in [3.63, 3.8) is 0 Å². The zero-order valence-corrected chi connectivity index (χ0v) is 25.6. The summed E-state index contributed by atoms with van der Waals surface area (Å²) in [6.07, 6.45) is 20.3. The lowest BCUT2D eigenvalue weighted by atomic mass is 10.0. The van der Waals surface area contributed by atoms with Crippen molar-refractivity contribution >= 4 is 23.8 Å². The summed E-state index contributed by atoms with van der Waals surface area (Å²) in [6.45, 7) is 2.96. The fraction of sp³-hybridized carbons (Fsp3) is 0.432. The maximum absolute atomic E-state index is 12.6. The van der Waals surface area contributed by atoms with Crippen molar-refractivity contribution in [2.75, 3.05) is 6.61 Å². The van der Waals surface area contributed by atoms with Crippen LogP contribution in [0.1, 0.15) is 123 Å². The lowest BCUT2D eigenvalue weighted by Gasteiger charge is -2.08. The van der Waals surface area contributed by atoms with Crippen molar-refractivity contribution in [1.82, 2.24) is 0 Å². The van der Waals surface area contributed by atoms with Crippen LogP contribution >= 0.6 is 0 Å². The molecule has 0 fully saturated rings. The van der Waals surface area contributed by atoms with Crippen LogP contribution < -0.4 is 9.47 Å². The number of rotatable bonds is 21. The summed E-state index contributed by atoms with van der Waals surface area (Å²) < 4.78 is 11.4. The molecule has 3 aromatic rings. The van der Waals surface area contributed by atoms with Crippen molar-refractivity contribution in [3.8, 4) is 11.5 Å². The number of nitrogens with zero attached hydrogens (tertiary/aromatic N) is 1. The highest BCUT2D eigenvalue weighted by atomic mass is 16.5. The molecule has 0 radical (unpaired) electrons. The van der Waals surface area contributed by atoms with Gasteiger partial charge in [0.15, 0.2) is 0 Å². The summed E-state index contributed by atoms with van der Waals surface area (Å²) in [5, 5.41) is 8.99. The monoisotopic (exact) mass is 585 g/mol. The number of aliphatic imine (C=N–C) groups is 1. The summed E-state index contributed by atoms with van der Waals surface area (Å²) in [7, 11) is 0. The van der Waals surface area contributed by atoms with Gasteiger partial charge in [-0.05, 0) is 72.6 Å². The molecule has 0 atom stereocenters. The zero-order chi connectivity index (χ0) is 30.5. The fourth-order valence-corrected chi connectivity index (χ4v) is 4.80. The van der Waals surface area contributed by atoms with Crippen LogP contribution in [0.5, 0.6) is 11.5 Å². The first-order valence-corrected chi connectivity index (χ1v) is 16.0. The number of carboxylic acid groups (broad SMARTS) is 1. The minimum atomic E-state index is -0.965. The number of carboxylic acids is 1. The third-order valence-corrected chi connectivity index (χ3v) is 7.42. The van der Waals surface area contributed by atoms with Crippen molar-refractivity contribution in [1.29, 1.82) is 0 Å². The highest BCUT2D eigenvalue weighted by molar-refractivity contribution is 5.91. The standard InChI is InChI=1S/C37H47NO5/c1-2-3-4-5-6-7-8-9-10-11-12-13-14-15-28-42-34-24-20-32(21-25-34)37(41)43-35-26-22-33(23-27-35)38-29-30-16-18-31(19-17-30)36(39)40/h16-27,29H,2-15,28H2,1H3,(H,39,40). The Labute approximate surface area is 257 Å². The molecular weight excluding hydrogens is 538 g/mol. The summed E-state index contributed by atoms with van der Waals surface area (Å²) in [5.41, 5.74) is 2.15. The first-order chi connectivity index (χ1) is 21.0. The van der Waals surface area contributed by atoms with Gasteiger partial charge < -0.3 is 14.6 Å². The molecule has 1 N–H and O–H groups in total. The summed E-state index contributed by atoms with van der Waals surface area (Å²) in [6, 6.07) is 20.4. The van der Waals surface area contributed by atoms with E-state index in [1.165, 1.54) is 95.6 Å². The van der Waals surface area contributed by atoms with Gasteiger partial charge >= 0.3 is 11.9 Å². The molecule has 0 saturated carbocycles. The number of aromatic carboxylic acids is 1. The van der Waals surface area contributed by atoms with Crippen LogP contribution in [0.2, 0.25) is 0 Å². The van der Waals surface area contributed by atoms with Gasteiger partial charge in [-0.25, -0.2) is 9.59 Å². The Hall–Kier alpha value is -3.93. The number of ether oxygens (including phenoxy) is 2. The quantitative estimate of drug-likeness (QED) is 0.0582.